The normalized spacial score (nSPS) is 10.7. The Balaban J connectivity index is 2.59. The molecule has 2 aromatic rings. The monoisotopic (exact) mass is 170 g/mol. The lowest BCUT2D eigenvalue weighted by molar-refractivity contribution is 0.861. The van der Waals surface area contributed by atoms with Gasteiger partial charge in [-0.25, -0.2) is 4.68 Å². The summed E-state index contributed by atoms with van der Waals surface area (Å²) in [5.74, 6) is 0. The molecule has 13 heavy (non-hydrogen) atoms. The van der Waals surface area contributed by atoms with E-state index < -0.39 is 0 Å². The summed E-state index contributed by atoms with van der Waals surface area (Å²) in [6.07, 6.45) is 2.94. The van der Waals surface area contributed by atoms with E-state index in [-0.39, 0.29) is 0 Å². The summed E-state index contributed by atoms with van der Waals surface area (Å²) < 4.78 is 1.57. The van der Waals surface area contributed by atoms with Crippen LogP contribution in [-0.4, -0.2) is 15.0 Å². The molecule has 0 radical (unpaired) electrons. The maximum absolute atomic E-state index is 8.34. The molecule has 4 heteroatoms. The molecule has 2 rings (SSSR count). The van der Waals surface area contributed by atoms with Crippen molar-refractivity contribution in [1.82, 2.24) is 15.0 Å². The van der Waals surface area contributed by atoms with Gasteiger partial charge in [0.1, 0.15) is 5.52 Å². The van der Waals surface area contributed by atoms with Gasteiger partial charge < -0.3 is 0 Å². The Morgan fingerprint density at radius 3 is 3.08 bits per heavy atom. The molecule has 0 N–H and O–H groups in total. The molecule has 0 saturated carbocycles. The summed E-state index contributed by atoms with van der Waals surface area (Å²) in [6, 6.07) is 9.48. The van der Waals surface area contributed by atoms with Crippen LogP contribution in [0.2, 0.25) is 0 Å². The lowest BCUT2D eigenvalue weighted by Gasteiger charge is -1.89. The minimum Gasteiger partial charge on any atom is -0.219 e. The van der Waals surface area contributed by atoms with Crippen LogP contribution in [0.25, 0.3) is 17.2 Å². The summed E-state index contributed by atoms with van der Waals surface area (Å²) in [6.45, 7) is 0. The average Bonchev–Trinajstić information content (AvgIpc) is 2.58. The van der Waals surface area contributed by atoms with E-state index in [1.807, 2.05) is 30.3 Å². The van der Waals surface area contributed by atoms with Crippen LogP contribution in [0.15, 0.2) is 30.3 Å². The predicted molar refractivity (Wildman–Crippen MR) is 48.5 cm³/mol. The zero-order valence-electron chi connectivity index (χ0n) is 6.75. The Bertz CT molecular complexity index is 490. The summed E-state index contributed by atoms with van der Waals surface area (Å²) >= 11 is 0. The van der Waals surface area contributed by atoms with Crippen LogP contribution in [0.4, 0.5) is 0 Å². The van der Waals surface area contributed by atoms with Gasteiger partial charge in [0.2, 0.25) is 0 Å². The molecule has 4 nitrogen and oxygen atoms in total. The van der Waals surface area contributed by atoms with Crippen molar-refractivity contribution in [2.45, 2.75) is 0 Å². The minimum absolute atomic E-state index is 0.824. The zero-order chi connectivity index (χ0) is 9.10. The number of fused-ring (bicyclic) bond motifs is 1. The van der Waals surface area contributed by atoms with Gasteiger partial charge in [-0.1, -0.05) is 17.3 Å². The van der Waals surface area contributed by atoms with Gasteiger partial charge in [0, 0.05) is 12.3 Å². The van der Waals surface area contributed by atoms with Crippen molar-refractivity contribution in [3.8, 4) is 6.07 Å². The van der Waals surface area contributed by atoms with Crippen LogP contribution in [0.1, 0.15) is 0 Å². The van der Waals surface area contributed by atoms with E-state index in [9.17, 15) is 0 Å². The number of benzene rings is 1. The van der Waals surface area contributed by atoms with Gasteiger partial charge in [-0.2, -0.15) is 5.26 Å². The fraction of sp³-hybridized carbons (Fsp3) is 0. The fourth-order valence-electron chi connectivity index (χ4n) is 1.10. The highest BCUT2D eigenvalue weighted by Crippen LogP contribution is 2.09. The second-order valence-corrected chi connectivity index (χ2v) is 2.47. The molecule has 0 aliphatic carbocycles. The SMILES string of the molecule is N#CC=Cn1nnc2ccccc21. The maximum Gasteiger partial charge on any atom is 0.113 e. The third-order valence-electron chi connectivity index (χ3n) is 1.67. The first-order valence-electron chi connectivity index (χ1n) is 3.78. The van der Waals surface area contributed by atoms with Gasteiger partial charge >= 0.3 is 0 Å². The number of hydrogen-bond donors (Lipinski definition) is 0. The Kier molecular flexibility index (Phi) is 1.77. The lowest BCUT2D eigenvalue weighted by Crippen LogP contribution is -1.87. The van der Waals surface area contributed by atoms with Crippen LogP contribution >= 0.6 is 0 Å². The molecule has 1 aromatic heterocycles. The van der Waals surface area contributed by atoms with Gasteiger partial charge in [-0.15, -0.1) is 5.10 Å². The highest BCUT2D eigenvalue weighted by atomic mass is 15.4. The number of rotatable bonds is 1. The molecular weight excluding hydrogens is 164 g/mol. The predicted octanol–water partition coefficient (Wildman–Crippen LogP) is 1.43. The van der Waals surface area contributed by atoms with Crippen molar-refractivity contribution in [3.63, 3.8) is 0 Å². The molecule has 1 aromatic carbocycles. The molecule has 0 fully saturated rings. The van der Waals surface area contributed by atoms with E-state index in [4.69, 9.17) is 5.26 Å². The topological polar surface area (TPSA) is 54.5 Å². The highest BCUT2D eigenvalue weighted by Gasteiger charge is 1.98. The van der Waals surface area contributed by atoms with Crippen molar-refractivity contribution in [2.24, 2.45) is 0 Å². The van der Waals surface area contributed by atoms with Gasteiger partial charge in [0.15, 0.2) is 0 Å². The molecule has 1 heterocycles. The second kappa shape index (κ2) is 3.07. The standard InChI is InChI=1S/C9H6N4/c10-6-3-7-13-9-5-2-1-4-8(9)11-12-13/h1-5,7H. The van der Waals surface area contributed by atoms with Crippen molar-refractivity contribution in [2.75, 3.05) is 0 Å². The fourth-order valence-corrected chi connectivity index (χ4v) is 1.10. The van der Waals surface area contributed by atoms with Crippen LogP contribution < -0.4 is 0 Å². The Morgan fingerprint density at radius 2 is 2.23 bits per heavy atom. The van der Waals surface area contributed by atoms with E-state index >= 15 is 0 Å². The highest BCUT2D eigenvalue weighted by molar-refractivity contribution is 5.75. The maximum atomic E-state index is 8.34. The van der Waals surface area contributed by atoms with Crippen LogP contribution in [0.3, 0.4) is 0 Å². The molecule has 0 bridgehead atoms. The average molecular weight is 170 g/mol. The summed E-state index contributed by atoms with van der Waals surface area (Å²) in [5, 5.41) is 16.1. The molecule has 0 amide bonds. The molecule has 0 aliphatic heterocycles. The number of allylic oxidation sites excluding steroid dienone is 1. The number of hydrogen-bond acceptors (Lipinski definition) is 3. The number of nitriles is 1. The summed E-state index contributed by atoms with van der Waals surface area (Å²) in [7, 11) is 0. The Labute approximate surface area is 74.7 Å². The van der Waals surface area contributed by atoms with Crippen LogP contribution in [0.5, 0.6) is 0 Å². The summed E-state index contributed by atoms with van der Waals surface area (Å²) in [5.41, 5.74) is 1.72. The van der Waals surface area contributed by atoms with Gasteiger partial charge in [0.25, 0.3) is 0 Å². The van der Waals surface area contributed by atoms with Crippen LogP contribution in [-0.2, 0) is 0 Å². The van der Waals surface area contributed by atoms with E-state index in [0.29, 0.717) is 0 Å². The third-order valence-corrected chi connectivity index (χ3v) is 1.67. The molecular formula is C9H6N4. The van der Waals surface area contributed by atoms with Gasteiger partial charge in [-0.3, -0.25) is 0 Å². The number of nitrogens with zero attached hydrogens (tertiary/aromatic N) is 4. The molecule has 0 atom stereocenters. The minimum atomic E-state index is 0.824. The molecule has 0 saturated heterocycles. The lowest BCUT2D eigenvalue weighted by atomic mass is 10.3. The number of para-hydroxylation sites is 1. The summed E-state index contributed by atoms with van der Waals surface area (Å²) in [4.78, 5) is 0. The molecule has 62 valence electrons. The number of aromatic nitrogens is 3. The first kappa shape index (κ1) is 7.50. The van der Waals surface area contributed by atoms with Crippen LogP contribution in [0, 0.1) is 11.3 Å². The van der Waals surface area contributed by atoms with E-state index in [0.717, 1.165) is 11.0 Å². The quantitative estimate of drug-likeness (QED) is 0.608. The first-order valence-corrected chi connectivity index (χ1v) is 3.78. The van der Waals surface area contributed by atoms with Crippen molar-refractivity contribution in [1.29, 1.82) is 5.26 Å². The smallest absolute Gasteiger partial charge is 0.113 e. The molecule has 0 spiro atoms. The van der Waals surface area contributed by atoms with E-state index in [1.165, 1.54) is 6.08 Å². The van der Waals surface area contributed by atoms with Gasteiger partial charge in [-0.05, 0) is 12.1 Å². The van der Waals surface area contributed by atoms with Crippen molar-refractivity contribution in [3.05, 3.63) is 30.3 Å². The van der Waals surface area contributed by atoms with E-state index in [2.05, 4.69) is 10.3 Å². The largest absolute Gasteiger partial charge is 0.219 e. The van der Waals surface area contributed by atoms with Crippen molar-refractivity contribution >= 4 is 17.2 Å². The Hall–Kier alpha value is -2.15. The zero-order valence-corrected chi connectivity index (χ0v) is 6.75. The molecule has 0 unspecified atom stereocenters. The van der Waals surface area contributed by atoms with E-state index in [1.54, 1.807) is 10.9 Å². The second-order valence-electron chi connectivity index (χ2n) is 2.47. The first-order chi connectivity index (χ1) is 6.42. The van der Waals surface area contributed by atoms with Crippen molar-refractivity contribution < 1.29 is 0 Å². The van der Waals surface area contributed by atoms with Gasteiger partial charge in [0.05, 0.1) is 11.6 Å². The molecule has 0 aliphatic rings. The Morgan fingerprint density at radius 1 is 1.38 bits per heavy atom. The third kappa shape index (κ3) is 1.27.